The van der Waals surface area contributed by atoms with Gasteiger partial charge in [0.1, 0.15) is 11.6 Å². The standard InChI is InChI=1S/C10H11N3O7/c1-3-5(6(11)10(15)16)9(14)8(13(19)20)4(2)7(3)12(17)18/h6,14H,11H2,1-2H3,(H,15,16)/t6-/m0/s1. The molecule has 1 atom stereocenters. The van der Waals surface area contributed by atoms with Gasteiger partial charge in [0.2, 0.25) is 5.75 Å². The zero-order valence-electron chi connectivity index (χ0n) is 10.5. The highest BCUT2D eigenvalue weighted by atomic mass is 16.6. The molecule has 1 aromatic rings. The summed E-state index contributed by atoms with van der Waals surface area (Å²) in [7, 11) is 0. The second-order valence-corrected chi connectivity index (χ2v) is 4.04. The molecular weight excluding hydrogens is 274 g/mol. The fraction of sp³-hybridized carbons (Fsp3) is 0.300. The molecule has 10 heteroatoms. The molecule has 0 radical (unpaired) electrons. The van der Waals surface area contributed by atoms with Gasteiger partial charge in [0.25, 0.3) is 5.69 Å². The molecule has 0 amide bonds. The number of carboxylic acids is 1. The van der Waals surface area contributed by atoms with E-state index in [4.69, 9.17) is 10.8 Å². The minimum absolute atomic E-state index is 0.217. The number of nitro benzene ring substituents is 2. The van der Waals surface area contributed by atoms with E-state index in [0.717, 1.165) is 6.92 Å². The first kappa shape index (κ1) is 15.3. The van der Waals surface area contributed by atoms with E-state index in [2.05, 4.69) is 0 Å². The highest BCUT2D eigenvalue weighted by molar-refractivity contribution is 5.81. The van der Waals surface area contributed by atoms with Gasteiger partial charge >= 0.3 is 11.7 Å². The predicted molar refractivity (Wildman–Crippen MR) is 65.5 cm³/mol. The van der Waals surface area contributed by atoms with Crippen molar-refractivity contribution in [2.45, 2.75) is 19.9 Å². The monoisotopic (exact) mass is 285 g/mol. The lowest BCUT2D eigenvalue weighted by atomic mass is 9.94. The van der Waals surface area contributed by atoms with E-state index >= 15 is 0 Å². The van der Waals surface area contributed by atoms with Gasteiger partial charge in [0.15, 0.2) is 0 Å². The van der Waals surface area contributed by atoms with Crippen LogP contribution in [0.5, 0.6) is 5.75 Å². The first-order valence-electron chi connectivity index (χ1n) is 5.24. The van der Waals surface area contributed by atoms with Crippen LogP contribution in [0.25, 0.3) is 0 Å². The summed E-state index contributed by atoms with van der Waals surface area (Å²) >= 11 is 0. The average Bonchev–Trinajstić information content (AvgIpc) is 2.26. The SMILES string of the molecule is Cc1c([C@H](N)C(=O)O)c(O)c([N+](=O)[O-])c(C)c1[N+](=O)[O-]. The summed E-state index contributed by atoms with van der Waals surface area (Å²) in [6.45, 7) is 2.27. The lowest BCUT2D eigenvalue weighted by Crippen LogP contribution is -2.22. The van der Waals surface area contributed by atoms with Gasteiger partial charge in [-0.05, 0) is 13.8 Å². The Kier molecular flexibility index (Phi) is 3.90. The number of aromatic hydroxyl groups is 1. The molecule has 0 aliphatic rings. The molecule has 20 heavy (non-hydrogen) atoms. The Morgan fingerprint density at radius 3 is 1.95 bits per heavy atom. The van der Waals surface area contributed by atoms with Crippen LogP contribution in [-0.2, 0) is 4.79 Å². The Balaban J connectivity index is 3.90. The molecule has 0 aliphatic heterocycles. The maximum atomic E-state index is 11.0. The van der Waals surface area contributed by atoms with Crippen LogP contribution in [0.3, 0.4) is 0 Å². The number of carbonyl (C=O) groups is 1. The van der Waals surface area contributed by atoms with Gasteiger partial charge in [-0.1, -0.05) is 0 Å². The molecule has 0 heterocycles. The smallest absolute Gasteiger partial charge is 0.325 e. The van der Waals surface area contributed by atoms with Gasteiger partial charge in [-0.15, -0.1) is 0 Å². The Morgan fingerprint density at radius 1 is 1.15 bits per heavy atom. The van der Waals surface area contributed by atoms with E-state index in [9.17, 15) is 30.1 Å². The third-order valence-corrected chi connectivity index (χ3v) is 2.89. The Morgan fingerprint density at radius 2 is 1.60 bits per heavy atom. The zero-order valence-corrected chi connectivity index (χ0v) is 10.5. The van der Waals surface area contributed by atoms with Crippen molar-refractivity contribution in [2.24, 2.45) is 5.73 Å². The Hall–Kier alpha value is -2.75. The fourth-order valence-corrected chi connectivity index (χ4v) is 2.01. The van der Waals surface area contributed by atoms with Gasteiger partial charge in [-0.3, -0.25) is 25.0 Å². The maximum absolute atomic E-state index is 11.0. The lowest BCUT2D eigenvalue weighted by molar-refractivity contribution is -0.396. The molecule has 1 rings (SSSR count). The van der Waals surface area contributed by atoms with Crippen LogP contribution in [0.2, 0.25) is 0 Å². The summed E-state index contributed by atoms with van der Waals surface area (Å²) in [6.07, 6.45) is 0. The Bertz CT molecular complexity index is 585. The van der Waals surface area contributed by atoms with E-state index in [1.54, 1.807) is 0 Å². The molecule has 0 saturated heterocycles. The van der Waals surface area contributed by atoms with Crippen LogP contribution in [0, 0.1) is 34.1 Å². The number of nitro groups is 2. The van der Waals surface area contributed by atoms with Crippen LogP contribution in [0.4, 0.5) is 11.4 Å². The number of hydrogen-bond donors (Lipinski definition) is 3. The van der Waals surface area contributed by atoms with Crippen LogP contribution in [0.1, 0.15) is 22.7 Å². The Labute approximate surface area is 111 Å². The van der Waals surface area contributed by atoms with E-state index in [-0.39, 0.29) is 11.1 Å². The number of nitrogens with two attached hydrogens (primary N) is 1. The number of nitrogens with zero attached hydrogens (tertiary/aromatic N) is 2. The summed E-state index contributed by atoms with van der Waals surface area (Å²) in [6, 6.07) is -1.81. The topological polar surface area (TPSA) is 170 Å². The van der Waals surface area contributed by atoms with Gasteiger partial charge in [-0.25, -0.2) is 0 Å². The van der Waals surface area contributed by atoms with Gasteiger partial charge in [-0.2, -0.15) is 0 Å². The molecule has 0 aliphatic carbocycles. The van der Waals surface area contributed by atoms with E-state index in [1.165, 1.54) is 6.92 Å². The summed E-state index contributed by atoms with van der Waals surface area (Å²) in [5.74, 6) is -2.54. The predicted octanol–water partition coefficient (Wildman–Crippen LogP) is 0.910. The third kappa shape index (κ3) is 2.23. The second-order valence-electron chi connectivity index (χ2n) is 4.04. The number of benzene rings is 1. The molecule has 0 aromatic heterocycles. The van der Waals surface area contributed by atoms with Crippen molar-refractivity contribution < 1.29 is 24.9 Å². The number of carboxylic acid groups (broad SMARTS) is 1. The van der Waals surface area contributed by atoms with Crippen LogP contribution in [0.15, 0.2) is 0 Å². The molecule has 0 fully saturated rings. The normalized spacial score (nSPS) is 11.9. The molecule has 1 aromatic carbocycles. The van der Waals surface area contributed by atoms with E-state index in [0.29, 0.717) is 0 Å². The van der Waals surface area contributed by atoms with Crippen molar-refractivity contribution in [3.05, 3.63) is 36.9 Å². The molecule has 10 nitrogen and oxygen atoms in total. The van der Waals surface area contributed by atoms with E-state index < -0.39 is 44.5 Å². The first-order valence-corrected chi connectivity index (χ1v) is 5.24. The molecule has 0 saturated carbocycles. The number of phenolic OH excluding ortho intramolecular Hbond substituents is 1. The number of hydrogen-bond acceptors (Lipinski definition) is 7. The van der Waals surface area contributed by atoms with Crippen LogP contribution in [-0.4, -0.2) is 26.0 Å². The largest absolute Gasteiger partial charge is 0.502 e. The molecule has 0 bridgehead atoms. The lowest BCUT2D eigenvalue weighted by Gasteiger charge is -2.14. The first-order chi connectivity index (χ1) is 9.11. The molecule has 108 valence electrons. The van der Waals surface area contributed by atoms with E-state index in [1.807, 2.05) is 0 Å². The zero-order chi connectivity index (χ0) is 15.8. The second kappa shape index (κ2) is 5.09. The van der Waals surface area contributed by atoms with Crippen LogP contribution < -0.4 is 5.73 Å². The summed E-state index contributed by atoms with van der Waals surface area (Å²) in [5, 5.41) is 40.6. The van der Waals surface area contributed by atoms with Gasteiger partial charge < -0.3 is 15.9 Å². The van der Waals surface area contributed by atoms with Crippen LogP contribution >= 0.6 is 0 Å². The highest BCUT2D eigenvalue weighted by Gasteiger charge is 2.36. The van der Waals surface area contributed by atoms with Gasteiger partial charge in [0.05, 0.1) is 9.85 Å². The molecule has 0 spiro atoms. The number of aliphatic carboxylic acids is 1. The fourth-order valence-electron chi connectivity index (χ4n) is 2.01. The third-order valence-electron chi connectivity index (χ3n) is 2.89. The minimum atomic E-state index is -1.81. The molecule has 4 N–H and O–H groups in total. The van der Waals surface area contributed by atoms with Crippen molar-refractivity contribution in [1.82, 2.24) is 0 Å². The molecule has 0 unspecified atom stereocenters. The number of phenols is 1. The van der Waals surface area contributed by atoms with Crippen molar-refractivity contribution >= 4 is 17.3 Å². The molecular formula is C10H11N3O7. The van der Waals surface area contributed by atoms with Crippen molar-refractivity contribution in [3.8, 4) is 5.75 Å². The summed E-state index contributed by atoms with van der Waals surface area (Å²) in [5.41, 5.74) is 2.64. The minimum Gasteiger partial charge on any atom is -0.502 e. The average molecular weight is 285 g/mol. The quantitative estimate of drug-likeness (QED) is 0.541. The number of rotatable bonds is 4. The maximum Gasteiger partial charge on any atom is 0.325 e. The van der Waals surface area contributed by atoms with Crippen molar-refractivity contribution in [1.29, 1.82) is 0 Å². The summed E-state index contributed by atoms with van der Waals surface area (Å²) < 4.78 is 0. The van der Waals surface area contributed by atoms with Crippen molar-refractivity contribution in [3.63, 3.8) is 0 Å². The van der Waals surface area contributed by atoms with Crippen molar-refractivity contribution in [2.75, 3.05) is 0 Å². The van der Waals surface area contributed by atoms with Gasteiger partial charge in [0, 0.05) is 11.1 Å². The summed E-state index contributed by atoms with van der Waals surface area (Å²) in [4.78, 5) is 30.9. The highest BCUT2D eigenvalue weighted by Crippen LogP contribution is 2.44.